The van der Waals surface area contributed by atoms with E-state index in [1.165, 1.54) is 0 Å². The molecular formula is C7H14N2O5. The number of carbonyl (C=O) groups excluding carboxylic acids is 1. The van der Waals surface area contributed by atoms with Crippen molar-refractivity contribution in [3.05, 3.63) is 0 Å². The second-order valence-corrected chi connectivity index (χ2v) is 2.64. The first-order valence-electron chi connectivity index (χ1n) is 4.15. The van der Waals surface area contributed by atoms with E-state index in [0.29, 0.717) is 19.4 Å². The van der Waals surface area contributed by atoms with E-state index in [0.717, 1.165) is 6.42 Å². The van der Waals surface area contributed by atoms with Crippen LogP contribution >= 0.6 is 0 Å². The Hall–Kier alpha value is -1.34. The summed E-state index contributed by atoms with van der Waals surface area (Å²) in [6.45, 7) is 0.521. The molecule has 0 saturated carbocycles. The average Bonchev–Trinajstić information content (AvgIpc) is 2.14. The van der Waals surface area contributed by atoms with Crippen LogP contribution in [0.2, 0.25) is 0 Å². The largest absolute Gasteiger partial charge is 0.547 e. The highest BCUT2D eigenvalue weighted by molar-refractivity contribution is 5.75. The molecule has 0 spiro atoms. The van der Waals surface area contributed by atoms with Crippen LogP contribution in [0, 0.1) is 0 Å². The molecule has 0 saturated heterocycles. The Morgan fingerprint density at radius 3 is 2.43 bits per heavy atom. The molecule has 5 N–H and O–H groups in total. The van der Waals surface area contributed by atoms with Gasteiger partial charge in [0.2, 0.25) is 0 Å². The third-order valence-electron chi connectivity index (χ3n) is 1.47. The first-order chi connectivity index (χ1) is 6.57. The summed E-state index contributed by atoms with van der Waals surface area (Å²) >= 11 is 0. The molecule has 0 bridgehead atoms. The van der Waals surface area contributed by atoms with E-state index in [1.54, 1.807) is 0 Å². The zero-order valence-corrected chi connectivity index (χ0v) is 7.64. The quantitative estimate of drug-likeness (QED) is 0.317. The first-order valence-corrected chi connectivity index (χ1v) is 4.15. The SMILES string of the molecule is NCCCCC(N)C(=O)OOC(=O)O. The molecule has 0 amide bonds. The summed E-state index contributed by atoms with van der Waals surface area (Å²) in [5.41, 5.74) is 10.6. The van der Waals surface area contributed by atoms with Crippen LogP contribution in [0.3, 0.4) is 0 Å². The summed E-state index contributed by atoms with van der Waals surface area (Å²) in [6, 6.07) is -0.874. The average molecular weight is 206 g/mol. The number of hydrogen-bond acceptors (Lipinski definition) is 6. The lowest BCUT2D eigenvalue weighted by Crippen LogP contribution is -2.32. The molecule has 0 aliphatic carbocycles. The maximum absolute atomic E-state index is 10.9. The molecule has 0 aromatic rings. The van der Waals surface area contributed by atoms with Crippen LogP contribution in [0.4, 0.5) is 4.79 Å². The summed E-state index contributed by atoms with van der Waals surface area (Å²) in [5, 5.41) is 8.00. The van der Waals surface area contributed by atoms with Gasteiger partial charge in [-0.25, -0.2) is 19.4 Å². The molecule has 0 aromatic heterocycles. The first kappa shape index (κ1) is 12.7. The number of unbranched alkanes of at least 4 members (excludes halogenated alkanes) is 1. The molecule has 82 valence electrons. The highest BCUT2D eigenvalue weighted by Gasteiger charge is 2.17. The summed E-state index contributed by atoms with van der Waals surface area (Å²) < 4.78 is 0. The van der Waals surface area contributed by atoms with Crippen LogP contribution in [0.15, 0.2) is 0 Å². The monoisotopic (exact) mass is 206 g/mol. The van der Waals surface area contributed by atoms with Crippen molar-refractivity contribution in [2.75, 3.05) is 6.54 Å². The standard InChI is InChI=1S/C7H14N2O5/c8-4-2-1-3-5(9)6(10)13-14-7(11)12/h5H,1-4,8-9H2,(H,11,12). The van der Waals surface area contributed by atoms with Crippen molar-refractivity contribution in [2.24, 2.45) is 11.5 Å². The van der Waals surface area contributed by atoms with Crippen molar-refractivity contribution in [1.29, 1.82) is 0 Å². The van der Waals surface area contributed by atoms with Crippen LogP contribution in [0.1, 0.15) is 19.3 Å². The third-order valence-corrected chi connectivity index (χ3v) is 1.47. The van der Waals surface area contributed by atoms with E-state index in [-0.39, 0.29) is 0 Å². The predicted octanol–water partition coefficient (Wildman–Crippen LogP) is -0.404. The lowest BCUT2D eigenvalue weighted by molar-refractivity contribution is -0.242. The molecule has 0 radical (unpaired) electrons. The van der Waals surface area contributed by atoms with Gasteiger partial charge in [0.1, 0.15) is 6.04 Å². The minimum Gasteiger partial charge on any atom is -0.447 e. The van der Waals surface area contributed by atoms with Crippen molar-refractivity contribution in [3.63, 3.8) is 0 Å². The topological polar surface area (TPSA) is 125 Å². The van der Waals surface area contributed by atoms with Crippen molar-refractivity contribution >= 4 is 12.1 Å². The normalized spacial score (nSPS) is 11.9. The minimum atomic E-state index is -1.69. The Balaban J connectivity index is 3.59. The third kappa shape index (κ3) is 6.21. The molecule has 0 fully saturated rings. The van der Waals surface area contributed by atoms with Gasteiger partial charge in [-0.15, -0.1) is 0 Å². The predicted molar refractivity (Wildman–Crippen MR) is 46.1 cm³/mol. The van der Waals surface area contributed by atoms with E-state index in [2.05, 4.69) is 9.78 Å². The summed E-state index contributed by atoms with van der Waals surface area (Å²) in [5.74, 6) is -0.899. The van der Waals surface area contributed by atoms with Gasteiger partial charge >= 0.3 is 12.1 Å². The van der Waals surface area contributed by atoms with E-state index >= 15 is 0 Å². The van der Waals surface area contributed by atoms with Gasteiger partial charge in [-0.1, -0.05) is 6.42 Å². The lowest BCUT2D eigenvalue weighted by Gasteiger charge is -2.07. The lowest BCUT2D eigenvalue weighted by atomic mass is 10.1. The fourth-order valence-corrected chi connectivity index (χ4v) is 0.765. The Bertz CT molecular complexity index is 197. The van der Waals surface area contributed by atoms with Crippen molar-refractivity contribution in [3.8, 4) is 0 Å². The number of carbonyl (C=O) groups is 2. The molecular weight excluding hydrogens is 192 g/mol. The molecule has 7 nitrogen and oxygen atoms in total. The van der Waals surface area contributed by atoms with E-state index in [1.807, 2.05) is 0 Å². The van der Waals surface area contributed by atoms with Crippen molar-refractivity contribution in [1.82, 2.24) is 0 Å². The van der Waals surface area contributed by atoms with Gasteiger partial charge in [-0.2, -0.15) is 0 Å². The van der Waals surface area contributed by atoms with Gasteiger partial charge in [-0.05, 0) is 19.4 Å². The molecule has 1 atom stereocenters. The maximum Gasteiger partial charge on any atom is 0.547 e. The number of hydrogen-bond donors (Lipinski definition) is 3. The highest BCUT2D eigenvalue weighted by atomic mass is 17.2. The van der Waals surface area contributed by atoms with Crippen molar-refractivity contribution < 1.29 is 24.5 Å². The van der Waals surface area contributed by atoms with Crippen molar-refractivity contribution in [2.45, 2.75) is 25.3 Å². The smallest absolute Gasteiger partial charge is 0.447 e. The molecule has 0 aliphatic heterocycles. The fourth-order valence-electron chi connectivity index (χ4n) is 0.765. The van der Waals surface area contributed by atoms with Gasteiger partial charge in [0.25, 0.3) is 0 Å². The summed E-state index contributed by atoms with van der Waals surface area (Å²) in [6.07, 6.45) is 0.132. The second-order valence-electron chi connectivity index (χ2n) is 2.64. The number of carboxylic acid groups (broad SMARTS) is 1. The minimum absolute atomic E-state index is 0.388. The molecule has 7 heteroatoms. The Morgan fingerprint density at radius 1 is 1.29 bits per heavy atom. The second kappa shape index (κ2) is 7.10. The van der Waals surface area contributed by atoms with Gasteiger partial charge in [-0.3, -0.25) is 0 Å². The van der Waals surface area contributed by atoms with E-state index in [9.17, 15) is 9.59 Å². The molecule has 14 heavy (non-hydrogen) atoms. The van der Waals surface area contributed by atoms with Crippen LogP contribution in [0.25, 0.3) is 0 Å². The molecule has 0 aliphatic rings. The Morgan fingerprint density at radius 2 is 1.93 bits per heavy atom. The zero-order valence-electron chi connectivity index (χ0n) is 7.64. The Labute approximate surface area is 80.9 Å². The van der Waals surface area contributed by atoms with Gasteiger partial charge in [0, 0.05) is 0 Å². The van der Waals surface area contributed by atoms with Gasteiger partial charge in [0.15, 0.2) is 0 Å². The fraction of sp³-hybridized carbons (Fsp3) is 0.714. The maximum atomic E-state index is 10.9. The molecule has 1 unspecified atom stereocenters. The summed E-state index contributed by atoms with van der Waals surface area (Å²) in [4.78, 5) is 28.2. The Kier molecular flexibility index (Phi) is 6.42. The van der Waals surface area contributed by atoms with Crippen LogP contribution in [-0.4, -0.2) is 29.8 Å². The summed E-state index contributed by atoms with van der Waals surface area (Å²) in [7, 11) is 0. The van der Waals surface area contributed by atoms with Gasteiger partial charge in [0.05, 0.1) is 0 Å². The van der Waals surface area contributed by atoms with E-state index < -0.39 is 18.2 Å². The van der Waals surface area contributed by atoms with Crippen LogP contribution in [0.5, 0.6) is 0 Å². The molecule has 0 heterocycles. The van der Waals surface area contributed by atoms with Crippen LogP contribution < -0.4 is 11.5 Å². The number of nitrogens with two attached hydrogens (primary N) is 2. The van der Waals surface area contributed by atoms with Crippen LogP contribution in [-0.2, 0) is 14.6 Å². The van der Waals surface area contributed by atoms with Gasteiger partial charge < -0.3 is 16.6 Å². The molecule has 0 aromatic carbocycles. The molecule has 0 rings (SSSR count). The zero-order chi connectivity index (χ0) is 11.0. The highest BCUT2D eigenvalue weighted by Crippen LogP contribution is 2.00. The number of rotatable bonds is 5. The van der Waals surface area contributed by atoms with E-state index in [4.69, 9.17) is 16.6 Å².